The number of hydrogen-bond acceptors (Lipinski definition) is 2. The van der Waals surface area contributed by atoms with E-state index in [-0.39, 0.29) is 16.9 Å². The van der Waals surface area contributed by atoms with Crippen LogP contribution in [0.15, 0.2) is 18.2 Å². The molecule has 20 heavy (non-hydrogen) atoms. The number of hydrogen-bond donors (Lipinski definition) is 2. The first-order valence-electron chi connectivity index (χ1n) is 7.54. The lowest BCUT2D eigenvalue weighted by Crippen LogP contribution is -2.44. The molecule has 1 aromatic carbocycles. The van der Waals surface area contributed by atoms with Crippen LogP contribution in [-0.4, -0.2) is 6.04 Å². The third kappa shape index (κ3) is 3.94. The van der Waals surface area contributed by atoms with Crippen molar-refractivity contribution in [1.82, 2.24) is 5.43 Å². The number of halogens is 2. The van der Waals surface area contributed by atoms with Crippen LogP contribution in [0.2, 0.25) is 5.02 Å². The standard InChI is InChI=1S/C16H24ClFN2/c1-2-11-4-3-5-13(8-11)16(20-19)10-12-6-7-14(17)15(18)9-12/h6-7,9,11,13,16,20H,2-5,8,10,19H2,1H3. The minimum absolute atomic E-state index is 0.176. The van der Waals surface area contributed by atoms with Gasteiger partial charge in [-0.3, -0.25) is 11.3 Å². The molecule has 1 aromatic rings. The summed E-state index contributed by atoms with van der Waals surface area (Å²) in [6, 6.07) is 5.24. The Hall–Kier alpha value is -0.640. The van der Waals surface area contributed by atoms with Crippen molar-refractivity contribution in [3.63, 3.8) is 0 Å². The minimum atomic E-state index is -0.352. The summed E-state index contributed by atoms with van der Waals surface area (Å²) in [5.41, 5.74) is 3.90. The first-order valence-corrected chi connectivity index (χ1v) is 7.91. The molecular weight excluding hydrogens is 275 g/mol. The lowest BCUT2D eigenvalue weighted by atomic mass is 9.75. The van der Waals surface area contributed by atoms with Gasteiger partial charge < -0.3 is 0 Å². The molecule has 2 rings (SSSR count). The highest BCUT2D eigenvalue weighted by Crippen LogP contribution is 2.33. The van der Waals surface area contributed by atoms with E-state index >= 15 is 0 Å². The molecule has 0 bridgehead atoms. The second-order valence-corrected chi connectivity index (χ2v) is 6.33. The maximum atomic E-state index is 13.5. The van der Waals surface area contributed by atoms with Gasteiger partial charge in [0.2, 0.25) is 0 Å². The zero-order valence-corrected chi connectivity index (χ0v) is 12.8. The highest BCUT2D eigenvalue weighted by atomic mass is 35.5. The van der Waals surface area contributed by atoms with E-state index in [1.807, 2.05) is 6.07 Å². The second-order valence-electron chi connectivity index (χ2n) is 5.93. The maximum absolute atomic E-state index is 13.5. The van der Waals surface area contributed by atoms with Gasteiger partial charge in [0.1, 0.15) is 5.82 Å². The van der Waals surface area contributed by atoms with E-state index in [9.17, 15) is 4.39 Å². The zero-order chi connectivity index (χ0) is 14.5. The minimum Gasteiger partial charge on any atom is -0.271 e. The Labute approximate surface area is 125 Å². The van der Waals surface area contributed by atoms with Crippen LogP contribution >= 0.6 is 11.6 Å². The molecular formula is C16H24ClFN2. The van der Waals surface area contributed by atoms with E-state index in [4.69, 9.17) is 17.4 Å². The van der Waals surface area contributed by atoms with E-state index in [1.165, 1.54) is 38.2 Å². The third-order valence-corrected chi connectivity index (χ3v) is 4.93. The quantitative estimate of drug-likeness (QED) is 0.635. The summed E-state index contributed by atoms with van der Waals surface area (Å²) in [6.45, 7) is 2.26. The monoisotopic (exact) mass is 298 g/mol. The van der Waals surface area contributed by atoms with Crippen LogP contribution in [0.4, 0.5) is 4.39 Å². The molecule has 0 aliphatic heterocycles. The first kappa shape index (κ1) is 15.7. The summed E-state index contributed by atoms with van der Waals surface area (Å²) in [5.74, 6) is 6.78. The van der Waals surface area contributed by atoms with Crippen LogP contribution in [0.5, 0.6) is 0 Å². The van der Waals surface area contributed by atoms with Gasteiger partial charge in [0.25, 0.3) is 0 Å². The van der Waals surface area contributed by atoms with E-state index in [1.54, 1.807) is 6.07 Å². The van der Waals surface area contributed by atoms with Crippen LogP contribution in [0.25, 0.3) is 0 Å². The molecule has 112 valence electrons. The van der Waals surface area contributed by atoms with Gasteiger partial charge in [0, 0.05) is 6.04 Å². The van der Waals surface area contributed by atoms with E-state index in [0.29, 0.717) is 5.92 Å². The van der Waals surface area contributed by atoms with Gasteiger partial charge in [0.15, 0.2) is 0 Å². The fourth-order valence-corrected chi connectivity index (χ4v) is 3.47. The normalized spacial score (nSPS) is 24.6. The van der Waals surface area contributed by atoms with Crippen LogP contribution in [0.1, 0.15) is 44.6 Å². The average molecular weight is 299 g/mol. The molecule has 0 amide bonds. The molecule has 0 saturated heterocycles. The fraction of sp³-hybridized carbons (Fsp3) is 0.625. The van der Waals surface area contributed by atoms with Gasteiger partial charge in [-0.15, -0.1) is 0 Å². The Morgan fingerprint density at radius 2 is 2.25 bits per heavy atom. The maximum Gasteiger partial charge on any atom is 0.142 e. The molecule has 1 saturated carbocycles. The summed E-state index contributed by atoms with van der Waals surface area (Å²) in [6.07, 6.45) is 7.04. The summed E-state index contributed by atoms with van der Waals surface area (Å²) < 4.78 is 13.5. The number of hydrazine groups is 1. The molecule has 1 fully saturated rings. The predicted octanol–water partition coefficient (Wildman–Crippen LogP) is 4.07. The van der Waals surface area contributed by atoms with Crippen LogP contribution in [-0.2, 0) is 6.42 Å². The van der Waals surface area contributed by atoms with Crippen molar-refractivity contribution in [2.75, 3.05) is 0 Å². The summed E-state index contributed by atoms with van der Waals surface area (Å²) in [7, 11) is 0. The van der Waals surface area contributed by atoms with Gasteiger partial charge in [-0.05, 0) is 48.8 Å². The summed E-state index contributed by atoms with van der Waals surface area (Å²) in [4.78, 5) is 0. The summed E-state index contributed by atoms with van der Waals surface area (Å²) >= 11 is 5.72. The first-order chi connectivity index (χ1) is 9.63. The topological polar surface area (TPSA) is 38.0 Å². The van der Waals surface area contributed by atoms with Gasteiger partial charge in [0.05, 0.1) is 5.02 Å². The van der Waals surface area contributed by atoms with Crippen LogP contribution < -0.4 is 11.3 Å². The number of benzene rings is 1. The van der Waals surface area contributed by atoms with E-state index < -0.39 is 0 Å². The molecule has 0 spiro atoms. The Morgan fingerprint density at radius 1 is 1.45 bits per heavy atom. The van der Waals surface area contributed by atoms with Crippen molar-refractivity contribution in [3.05, 3.63) is 34.6 Å². The van der Waals surface area contributed by atoms with E-state index in [2.05, 4.69) is 12.3 Å². The summed E-state index contributed by atoms with van der Waals surface area (Å²) in [5, 5.41) is 0.176. The third-order valence-electron chi connectivity index (χ3n) is 4.62. The highest BCUT2D eigenvalue weighted by molar-refractivity contribution is 6.30. The van der Waals surface area contributed by atoms with Gasteiger partial charge in [-0.1, -0.05) is 43.9 Å². The lowest BCUT2D eigenvalue weighted by molar-refractivity contribution is 0.208. The molecule has 1 aliphatic carbocycles. The average Bonchev–Trinajstić information content (AvgIpc) is 2.48. The van der Waals surface area contributed by atoms with Crippen LogP contribution in [0.3, 0.4) is 0 Å². The SMILES string of the molecule is CCC1CCCC(C(Cc2ccc(Cl)c(F)c2)NN)C1. The predicted molar refractivity (Wildman–Crippen MR) is 82.0 cm³/mol. The number of rotatable bonds is 5. The molecule has 1 aliphatic rings. The molecule has 0 heterocycles. The molecule has 0 aromatic heterocycles. The van der Waals surface area contributed by atoms with Crippen molar-refractivity contribution >= 4 is 11.6 Å². The van der Waals surface area contributed by atoms with Gasteiger partial charge in [-0.2, -0.15) is 0 Å². The Bertz CT molecular complexity index is 438. The highest BCUT2D eigenvalue weighted by Gasteiger charge is 2.27. The number of nitrogens with one attached hydrogen (secondary N) is 1. The second kappa shape index (κ2) is 7.39. The van der Waals surface area contributed by atoms with Crippen molar-refractivity contribution in [2.45, 2.75) is 51.5 Å². The Morgan fingerprint density at radius 3 is 2.90 bits per heavy atom. The van der Waals surface area contributed by atoms with E-state index in [0.717, 1.165) is 17.9 Å². The lowest BCUT2D eigenvalue weighted by Gasteiger charge is -2.34. The van der Waals surface area contributed by atoms with Crippen molar-refractivity contribution in [2.24, 2.45) is 17.7 Å². The molecule has 4 heteroatoms. The van der Waals surface area contributed by atoms with Gasteiger partial charge in [-0.25, -0.2) is 4.39 Å². The van der Waals surface area contributed by atoms with Crippen molar-refractivity contribution in [3.8, 4) is 0 Å². The van der Waals surface area contributed by atoms with Crippen LogP contribution in [0, 0.1) is 17.7 Å². The van der Waals surface area contributed by atoms with Crippen molar-refractivity contribution < 1.29 is 4.39 Å². The zero-order valence-electron chi connectivity index (χ0n) is 12.0. The molecule has 3 atom stereocenters. The largest absolute Gasteiger partial charge is 0.271 e. The molecule has 3 N–H and O–H groups in total. The number of nitrogens with two attached hydrogens (primary N) is 1. The molecule has 2 nitrogen and oxygen atoms in total. The molecule has 0 radical (unpaired) electrons. The smallest absolute Gasteiger partial charge is 0.142 e. The van der Waals surface area contributed by atoms with Gasteiger partial charge >= 0.3 is 0 Å². The Kier molecular flexibility index (Phi) is 5.82. The fourth-order valence-electron chi connectivity index (χ4n) is 3.35. The Balaban J connectivity index is 2.02. The molecule has 3 unspecified atom stereocenters. The van der Waals surface area contributed by atoms with Crippen molar-refractivity contribution in [1.29, 1.82) is 0 Å².